The van der Waals surface area contributed by atoms with E-state index < -0.39 is 0 Å². The molecule has 28 heavy (non-hydrogen) atoms. The molecule has 0 spiro atoms. The molecule has 0 unspecified atom stereocenters. The van der Waals surface area contributed by atoms with E-state index in [1.165, 1.54) is 5.56 Å². The van der Waals surface area contributed by atoms with Crippen LogP contribution in [0.25, 0.3) is 16.6 Å². The third-order valence-electron chi connectivity index (χ3n) is 5.64. The lowest BCUT2D eigenvalue weighted by atomic mass is 10.1. The molecular weight excluding hydrogens is 352 g/mol. The summed E-state index contributed by atoms with van der Waals surface area (Å²) in [5.41, 5.74) is 5.21. The molecule has 1 saturated heterocycles. The fraction of sp³-hybridized carbons (Fsp3) is 0.381. The molecular formula is C21H24N6O. The molecule has 3 aromatic heterocycles. The summed E-state index contributed by atoms with van der Waals surface area (Å²) in [4.78, 5) is 9.82. The number of fused-ring (bicyclic) bond motifs is 3. The second-order valence-corrected chi connectivity index (χ2v) is 7.57. The highest BCUT2D eigenvalue weighted by Crippen LogP contribution is 2.27. The van der Waals surface area contributed by atoms with Crippen LogP contribution in [0.3, 0.4) is 0 Å². The Morgan fingerprint density at radius 3 is 2.57 bits per heavy atom. The van der Waals surface area contributed by atoms with E-state index in [0.29, 0.717) is 0 Å². The van der Waals surface area contributed by atoms with Gasteiger partial charge in [-0.2, -0.15) is 5.10 Å². The fourth-order valence-corrected chi connectivity index (χ4v) is 4.07. The largest absolute Gasteiger partial charge is 0.361 e. The van der Waals surface area contributed by atoms with Crippen molar-refractivity contribution in [3.8, 4) is 0 Å². The third-order valence-corrected chi connectivity index (χ3v) is 5.64. The Morgan fingerprint density at radius 2 is 1.82 bits per heavy atom. The van der Waals surface area contributed by atoms with Gasteiger partial charge in [-0.25, -0.2) is 9.50 Å². The van der Waals surface area contributed by atoms with Crippen LogP contribution in [0, 0.1) is 20.8 Å². The normalized spacial score (nSPS) is 15.8. The van der Waals surface area contributed by atoms with Crippen LogP contribution in [0.1, 0.15) is 22.7 Å². The van der Waals surface area contributed by atoms with E-state index in [9.17, 15) is 0 Å². The van der Waals surface area contributed by atoms with Crippen molar-refractivity contribution in [2.45, 2.75) is 27.3 Å². The number of hydrogen-bond acceptors (Lipinski definition) is 6. The van der Waals surface area contributed by atoms with E-state index >= 15 is 0 Å². The highest BCUT2D eigenvalue weighted by Gasteiger charge is 2.23. The lowest BCUT2D eigenvalue weighted by Gasteiger charge is -2.35. The summed E-state index contributed by atoms with van der Waals surface area (Å²) in [7, 11) is 0. The molecule has 0 radical (unpaired) electrons. The molecule has 1 aromatic carbocycles. The van der Waals surface area contributed by atoms with E-state index in [1.54, 1.807) is 0 Å². The first-order valence-electron chi connectivity index (χ1n) is 9.74. The Morgan fingerprint density at radius 1 is 1.04 bits per heavy atom. The minimum atomic E-state index is 0.893. The van der Waals surface area contributed by atoms with E-state index in [0.717, 1.165) is 72.2 Å². The summed E-state index contributed by atoms with van der Waals surface area (Å²) in [5.74, 6) is 1.98. The van der Waals surface area contributed by atoms with Gasteiger partial charge in [0.05, 0.1) is 16.9 Å². The van der Waals surface area contributed by atoms with E-state index in [-0.39, 0.29) is 0 Å². The zero-order valence-corrected chi connectivity index (χ0v) is 16.5. The third kappa shape index (κ3) is 2.82. The van der Waals surface area contributed by atoms with Gasteiger partial charge in [0.15, 0.2) is 5.65 Å². The predicted octanol–water partition coefficient (Wildman–Crippen LogP) is 3.12. The lowest BCUT2D eigenvalue weighted by Crippen LogP contribution is -2.46. The maximum atomic E-state index is 5.31. The Balaban J connectivity index is 1.42. The molecule has 0 saturated carbocycles. The number of rotatable bonds is 3. The van der Waals surface area contributed by atoms with Crippen molar-refractivity contribution in [1.82, 2.24) is 24.7 Å². The average molecular weight is 376 g/mol. The van der Waals surface area contributed by atoms with Gasteiger partial charge < -0.3 is 9.42 Å². The number of hydrogen-bond donors (Lipinski definition) is 0. The summed E-state index contributed by atoms with van der Waals surface area (Å²) in [6.07, 6.45) is 0. The Labute approximate surface area is 163 Å². The maximum absolute atomic E-state index is 5.31. The quantitative estimate of drug-likeness (QED) is 0.547. The second kappa shape index (κ2) is 6.60. The van der Waals surface area contributed by atoms with Gasteiger partial charge in [0.2, 0.25) is 0 Å². The van der Waals surface area contributed by atoms with Crippen molar-refractivity contribution < 1.29 is 4.52 Å². The molecule has 0 amide bonds. The summed E-state index contributed by atoms with van der Waals surface area (Å²) < 4.78 is 7.26. The SMILES string of the molecule is Cc1cc2nc(N3CCN(Cc4c(C)noc4C)CC3)c3ccccc3n2n1. The smallest absolute Gasteiger partial charge is 0.158 e. The molecule has 7 nitrogen and oxygen atoms in total. The Bertz CT molecular complexity index is 1130. The van der Waals surface area contributed by atoms with Gasteiger partial charge in [-0.05, 0) is 32.9 Å². The van der Waals surface area contributed by atoms with E-state index in [1.807, 2.05) is 31.4 Å². The van der Waals surface area contributed by atoms with Crippen LogP contribution in [0.5, 0.6) is 0 Å². The summed E-state index contributed by atoms with van der Waals surface area (Å²) >= 11 is 0. The number of piperazine rings is 1. The first-order chi connectivity index (χ1) is 13.6. The minimum Gasteiger partial charge on any atom is -0.361 e. The van der Waals surface area contributed by atoms with Gasteiger partial charge in [0.25, 0.3) is 0 Å². The molecule has 0 N–H and O–H groups in total. The summed E-state index contributed by atoms with van der Waals surface area (Å²) in [5, 5.41) is 9.84. The van der Waals surface area contributed by atoms with Crippen LogP contribution < -0.4 is 4.90 Å². The van der Waals surface area contributed by atoms with Gasteiger partial charge in [-0.1, -0.05) is 17.3 Å². The second-order valence-electron chi connectivity index (χ2n) is 7.57. The number of nitrogens with zero attached hydrogens (tertiary/aromatic N) is 6. The molecule has 0 atom stereocenters. The number of aryl methyl sites for hydroxylation is 3. The van der Waals surface area contributed by atoms with Crippen LogP contribution in [0.4, 0.5) is 5.82 Å². The first kappa shape index (κ1) is 17.2. The predicted molar refractivity (Wildman–Crippen MR) is 109 cm³/mol. The molecule has 0 aliphatic carbocycles. The van der Waals surface area contributed by atoms with Gasteiger partial charge >= 0.3 is 0 Å². The molecule has 7 heteroatoms. The van der Waals surface area contributed by atoms with Gasteiger partial charge in [0.1, 0.15) is 11.6 Å². The highest BCUT2D eigenvalue weighted by atomic mass is 16.5. The minimum absolute atomic E-state index is 0.893. The van der Waals surface area contributed by atoms with Crippen molar-refractivity contribution in [2.24, 2.45) is 0 Å². The summed E-state index contributed by atoms with van der Waals surface area (Å²) in [6.45, 7) is 10.8. The zero-order chi connectivity index (χ0) is 19.3. The number of aromatic nitrogens is 4. The van der Waals surface area contributed by atoms with Crippen molar-refractivity contribution in [1.29, 1.82) is 0 Å². The monoisotopic (exact) mass is 376 g/mol. The van der Waals surface area contributed by atoms with Crippen molar-refractivity contribution in [2.75, 3.05) is 31.1 Å². The van der Waals surface area contributed by atoms with Crippen LogP contribution in [-0.2, 0) is 6.54 Å². The van der Waals surface area contributed by atoms with Crippen molar-refractivity contribution in [3.05, 3.63) is 53.0 Å². The van der Waals surface area contributed by atoms with Crippen molar-refractivity contribution in [3.63, 3.8) is 0 Å². The first-order valence-corrected chi connectivity index (χ1v) is 9.74. The summed E-state index contributed by atoms with van der Waals surface area (Å²) in [6, 6.07) is 10.4. The Hall–Kier alpha value is -2.93. The number of para-hydroxylation sites is 1. The topological polar surface area (TPSA) is 62.7 Å². The average Bonchev–Trinajstić information content (AvgIpc) is 3.24. The number of anilines is 1. The molecule has 1 aliphatic heterocycles. The fourth-order valence-electron chi connectivity index (χ4n) is 4.07. The van der Waals surface area contributed by atoms with Crippen LogP contribution >= 0.6 is 0 Å². The lowest BCUT2D eigenvalue weighted by molar-refractivity contribution is 0.247. The van der Waals surface area contributed by atoms with Gasteiger partial charge in [-0.3, -0.25) is 4.90 Å². The molecule has 5 rings (SSSR count). The zero-order valence-electron chi connectivity index (χ0n) is 16.5. The van der Waals surface area contributed by atoms with Crippen LogP contribution in [0.2, 0.25) is 0 Å². The molecule has 1 fully saturated rings. The standard InChI is InChI=1S/C21H24N6O/c1-14-12-20-22-21(17-6-4-5-7-19(17)27(20)23-14)26-10-8-25(9-11-26)13-18-15(2)24-28-16(18)3/h4-7,12H,8-11,13H2,1-3H3. The van der Waals surface area contributed by atoms with E-state index in [2.05, 4.69) is 44.3 Å². The molecule has 0 bridgehead atoms. The molecule has 4 aromatic rings. The molecule has 144 valence electrons. The van der Waals surface area contributed by atoms with Gasteiger partial charge in [-0.15, -0.1) is 0 Å². The Kier molecular flexibility index (Phi) is 4.05. The highest BCUT2D eigenvalue weighted by molar-refractivity contribution is 5.91. The van der Waals surface area contributed by atoms with Crippen LogP contribution in [-0.4, -0.2) is 50.8 Å². The molecule has 4 heterocycles. The maximum Gasteiger partial charge on any atom is 0.158 e. The van der Waals surface area contributed by atoms with Gasteiger partial charge in [0, 0.05) is 49.7 Å². The van der Waals surface area contributed by atoms with Crippen molar-refractivity contribution >= 4 is 22.4 Å². The van der Waals surface area contributed by atoms with E-state index in [4.69, 9.17) is 9.51 Å². The van der Waals surface area contributed by atoms with Crippen LogP contribution in [0.15, 0.2) is 34.9 Å². The molecule has 1 aliphatic rings. The number of benzene rings is 1.